The van der Waals surface area contributed by atoms with Gasteiger partial charge in [-0.3, -0.25) is 4.79 Å². The fourth-order valence-electron chi connectivity index (χ4n) is 2.25. The fraction of sp³-hybridized carbons (Fsp3) is 0.176. The number of thiazole rings is 1. The van der Waals surface area contributed by atoms with E-state index in [4.69, 9.17) is 0 Å². The molecule has 142 valence electrons. The van der Waals surface area contributed by atoms with Crippen molar-refractivity contribution in [3.05, 3.63) is 53.0 Å². The Morgan fingerprint density at radius 2 is 1.96 bits per heavy atom. The van der Waals surface area contributed by atoms with Crippen LogP contribution in [0, 0.1) is 5.82 Å². The molecule has 3 rings (SSSR count). The number of hydrogen-bond donors (Lipinski definition) is 2. The summed E-state index contributed by atoms with van der Waals surface area (Å²) in [5.41, 5.74) is 0.755. The molecule has 0 saturated carbocycles. The van der Waals surface area contributed by atoms with E-state index >= 15 is 0 Å². The van der Waals surface area contributed by atoms with Crippen LogP contribution in [0.1, 0.15) is 13.3 Å². The predicted octanol–water partition coefficient (Wildman–Crippen LogP) is 3.71. The number of carbonyl (C=O) groups is 1. The number of aromatic nitrogens is 1. The molecule has 0 radical (unpaired) electrons. The maximum absolute atomic E-state index is 13.0. The van der Waals surface area contributed by atoms with Gasteiger partial charge in [0.25, 0.3) is 0 Å². The van der Waals surface area contributed by atoms with Crippen molar-refractivity contribution >= 4 is 43.7 Å². The number of nitrogens with zero attached hydrogens (tertiary/aromatic N) is 1. The normalized spacial score (nSPS) is 12.7. The number of hydrogen-bond acceptors (Lipinski definition) is 6. The van der Waals surface area contributed by atoms with Crippen molar-refractivity contribution in [1.29, 1.82) is 0 Å². The lowest BCUT2D eigenvalue weighted by atomic mass is 10.2. The minimum Gasteiger partial charge on any atom is -0.301 e. The molecule has 2 aromatic heterocycles. The van der Waals surface area contributed by atoms with E-state index in [1.54, 1.807) is 6.92 Å². The highest BCUT2D eigenvalue weighted by Gasteiger charge is 2.25. The summed E-state index contributed by atoms with van der Waals surface area (Å²) in [6.45, 7) is 1.69. The second-order valence-corrected chi connectivity index (χ2v) is 9.06. The van der Waals surface area contributed by atoms with E-state index in [9.17, 15) is 17.6 Å². The molecule has 0 saturated heterocycles. The van der Waals surface area contributed by atoms with E-state index in [0.717, 1.165) is 34.8 Å². The van der Waals surface area contributed by atoms with Crippen LogP contribution in [-0.4, -0.2) is 25.4 Å². The number of carbonyl (C=O) groups excluding carboxylic acids is 1. The van der Waals surface area contributed by atoms with Crippen LogP contribution in [0.4, 0.5) is 9.52 Å². The quantitative estimate of drug-likeness (QED) is 0.604. The molecule has 0 spiro atoms. The molecule has 2 heterocycles. The van der Waals surface area contributed by atoms with Crippen molar-refractivity contribution < 1.29 is 17.6 Å². The standard InChI is InChI=1S/C17H16FN3O3S3/c1-2-13(21-27(23,24)12-7-5-11(18)6-8-12)16(22)20-17-19-14(10-26-17)15-4-3-9-25-15/h3-10,13,21H,2H2,1H3,(H,19,20,22). The van der Waals surface area contributed by atoms with Crippen LogP contribution in [0.15, 0.2) is 52.1 Å². The van der Waals surface area contributed by atoms with Gasteiger partial charge < -0.3 is 5.32 Å². The van der Waals surface area contributed by atoms with Gasteiger partial charge in [0.2, 0.25) is 15.9 Å². The van der Waals surface area contributed by atoms with Gasteiger partial charge in [-0.05, 0) is 42.1 Å². The van der Waals surface area contributed by atoms with E-state index < -0.39 is 27.8 Å². The summed E-state index contributed by atoms with van der Waals surface area (Å²) >= 11 is 2.80. The van der Waals surface area contributed by atoms with Gasteiger partial charge in [0.05, 0.1) is 15.5 Å². The minimum atomic E-state index is -3.95. The number of thiophene rings is 1. The maximum Gasteiger partial charge on any atom is 0.244 e. The Morgan fingerprint density at radius 3 is 2.59 bits per heavy atom. The first-order valence-electron chi connectivity index (χ1n) is 7.97. The Hall–Kier alpha value is -2.14. The molecule has 6 nitrogen and oxygen atoms in total. The number of benzene rings is 1. The Kier molecular flexibility index (Phi) is 6.00. The number of nitrogens with one attached hydrogen (secondary N) is 2. The van der Waals surface area contributed by atoms with Crippen LogP contribution in [0.5, 0.6) is 0 Å². The minimum absolute atomic E-state index is 0.107. The first kappa shape index (κ1) is 19.6. The zero-order valence-electron chi connectivity index (χ0n) is 14.2. The highest BCUT2D eigenvalue weighted by atomic mass is 32.2. The molecule has 1 aromatic carbocycles. The number of sulfonamides is 1. The molecule has 1 amide bonds. The van der Waals surface area contributed by atoms with Gasteiger partial charge in [0.1, 0.15) is 11.9 Å². The van der Waals surface area contributed by atoms with E-state index in [2.05, 4.69) is 15.0 Å². The Balaban J connectivity index is 1.70. The van der Waals surface area contributed by atoms with Crippen molar-refractivity contribution in [2.75, 3.05) is 5.32 Å². The first-order chi connectivity index (χ1) is 12.9. The zero-order valence-corrected chi connectivity index (χ0v) is 16.6. The number of amides is 1. The van der Waals surface area contributed by atoms with Crippen molar-refractivity contribution in [2.24, 2.45) is 0 Å². The topological polar surface area (TPSA) is 88.2 Å². The molecular weight excluding hydrogens is 409 g/mol. The summed E-state index contributed by atoms with van der Waals surface area (Å²) < 4.78 is 40.2. The van der Waals surface area contributed by atoms with Crippen LogP contribution in [-0.2, 0) is 14.8 Å². The SMILES string of the molecule is CCC(NS(=O)(=O)c1ccc(F)cc1)C(=O)Nc1nc(-c2cccs2)cs1. The van der Waals surface area contributed by atoms with E-state index in [1.165, 1.54) is 22.7 Å². The van der Waals surface area contributed by atoms with Gasteiger partial charge in [-0.1, -0.05) is 13.0 Å². The lowest BCUT2D eigenvalue weighted by molar-refractivity contribution is -0.117. The molecule has 0 bridgehead atoms. The van der Waals surface area contributed by atoms with Crippen molar-refractivity contribution in [1.82, 2.24) is 9.71 Å². The first-order valence-corrected chi connectivity index (χ1v) is 11.2. The van der Waals surface area contributed by atoms with Crippen LogP contribution in [0.25, 0.3) is 10.6 Å². The van der Waals surface area contributed by atoms with Crippen LogP contribution >= 0.6 is 22.7 Å². The molecule has 2 N–H and O–H groups in total. The monoisotopic (exact) mass is 425 g/mol. The predicted molar refractivity (Wildman–Crippen MR) is 105 cm³/mol. The Bertz CT molecular complexity index is 1020. The van der Waals surface area contributed by atoms with E-state index in [0.29, 0.717) is 5.13 Å². The molecule has 3 aromatic rings. The number of anilines is 1. The van der Waals surface area contributed by atoms with Gasteiger partial charge in [-0.15, -0.1) is 22.7 Å². The van der Waals surface area contributed by atoms with Crippen molar-refractivity contribution in [3.63, 3.8) is 0 Å². The average molecular weight is 426 g/mol. The molecule has 0 fully saturated rings. The third-order valence-corrected chi connectivity index (χ3v) is 6.79. The number of rotatable bonds is 7. The molecule has 10 heteroatoms. The maximum atomic E-state index is 13.0. The zero-order chi connectivity index (χ0) is 19.4. The Labute approximate surface area is 164 Å². The van der Waals surface area contributed by atoms with E-state index in [1.807, 2.05) is 22.9 Å². The second-order valence-electron chi connectivity index (χ2n) is 5.54. The largest absolute Gasteiger partial charge is 0.301 e. The van der Waals surface area contributed by atoms with E-state index in [-0.39, 0.29) is 11.3 Å². The lowest BCUT2D eigenvalue weighted by Gasteiger charge is -2.16. The summed E-state index contributed by atoms with van der Waals surface area (Å²) in [4.78, 5) is 17.7. The highest BCUT2D eigenvalue weighted by molar-refractivity contribution is 7.89. The van der Waals surface area contributed by atoms with Gasteiger partial charge in [0.15, 0.2) is 5.13 Å². The van der Waals surface area contributed by atoms with Crippen molar-refractivity contribution in [3.8, 4) is 10.6 Å². The average Bonchev–Trinajstić information content (AvgIpc) is 3.31. The lowest BCUT2D eigenvalue weighted by Crippen LogP contribution is -2.43. The smallest absolute Gasteiger partial charge is 0.244 e. The molecule has 27 heavy (non-hydrogen) atoms. The molecule has 0 aliphatic heterocycles. The third kappa shape index (κ3) is 4.78. The summed E-state index contributed by atoms with van der Waals surface area (Å²) in [7, 11) is -3.95. The van der Waals surface area contributed by atoms with Crippen LogP contribution in [0.3, 0.4) is 0 Å². The van der Waals surface area contributed by atoms with Crippen LogP contribution in [0.2, 0.25) is 0 Å². The summed E-state index contributed by atoms with van der Waals surface area (Å²) in [5.74, 6) is -1.04. The van der Waals surface area contributed by atoms with Gasteiger partial charge in [-0.2, -0.15) is 4.72 Å². The Morgan fingerprint density at radius 1 is 1.22 bits per heavy atom. The fourth-order valence-corrected chi connectivity index (χ4v) is 5.01. The molecule has 0 aliphatic rings. The number of halogens is 1. The molecule has 1 atom stereocenters. The highest BCUT2D eigenvalue weighted by Crippen LogP contribution is 2.28. The molecule has 0 aliphatic carbocycles. The van der Waals surface area contributed by atoms with Gasteiger partial charge in [0, 0.05) is 5.38 Å². The third-order valence-electron chi connectivity index (χ3n) is 3.65. The van der Waals surface area contributed by atoms with Crippen LogP contribution < -0.4 is 10.0 Å². The van der Waals surface area contributed by atoms with Gasteiger partial charge in [-0.25, -0.2) is 17.8 Å². The summed E-state index contributed by atoms with van der Waals surface area (Å²) in [6, 6.07) is 7.27. The van der Waals surface area contributed by atoms with Gasteiger partial charge >= 0.3 is 0 Å². The van der Waals surface area contributed by atoms with Crippen molar-refractivity contribution in [2.45, 2.75) is 24.3 Å². The molecular formula is C17H16FN3O3S3. The second kappa shape index (κ2) is 8.26. The summed E-state index contributed by atoms with van der Waals surface area (Å²) in [5, 5.41) is 6.80. The molecule has 1 unspecified atom stereocenters. The summed E-state index contributed by atoms with van der Waals surface area (Å²) in [6.07, 6.45) is 0.245.